The molecule has 0 saturated carbocycles. The lowest BCUT2D eigenvalue weighted by atomic mass is 10.1. The molecule has 3 aromatic heterocycles. The molecule has 2 bridgehead atoms. The predicted molar refractivity (Wildman–Crippen MR) is 190 cm³/mol. The van der Waals surface area contributed by atoms with Crippen LogP contribution < -0.4 is 21.7 Å². The fourth-order valence-corrected chi connectivity index (χ4v) is 9.77. The van der Waals surface area contributed by atoms with E-state index < -0.39 is 94.5 Å². The molecule has 2 fully saturated rings. The van der Waals surface area contributed by atoms with E-state index in [4.69, 9.17) is 42.8 Å². The normalized spacial score (nSPS) is 29.3. The first kappa shape index (κ1) is 41.5. The molecule has 26 heteroatoms. The van der Waals surface area contributed by atoms with Gasteiger partial charge in [-0.05, 0) is 42.9 Å². The molecule has 5 heterocycles. The summed E-state index contributed by atoms with van der Waals surface area (Å²) in [5.41, 5.74) is 4.34. The number of aromatic nitrogens is 6. The van der Waals surface area contributed by atoms with Crippen LogP contribution in [-0.4, -0.2) is 97.1 Å². The second-order valence-corrected chi connectivity index (χ2v) is 17.8. The van der Waals surface area contributed by atoms with Gasteiger partial charge in [0.1, 0.15) is 42.0 Å². The Morgan fingerprint density at radius 3 is 2.57 bits per heavy atom. The van der Waals surface area contributed by atoms with Gasteiger partial charge in [-0.1, -0.05) is 12.1 Å². The average Bonchev–Trinajstić information content (AvgIpc) is 3.71. The lowest BCUT2D eigenvalue weighted by molar-refractivity contribution is -0.0935. The molecule has 2 saturated heterocycles. The number of fused-ring (bicyclic) bond motifs is 3. The molecular weight excluding hydrogens is 814 g/mol. The van der Waals surface area contributed by atoms with Gasteiger partial charge in [0, 0.05) is 25.1 Å². The smallest absolute Gasteiger partial charge is 0.431 e. The van der Waals surface area contributed by atoms with E-state index in [2.05, 4.69) is 15.0 Å². The van der Waals surface area contributed by atoms with Crippen LogP contribution >= 0.6 is 26.0 Å². The van der Waals surface area contributed by atoms with Crippen LogP contribution in [0.4, 0.5) is 19.4 Å². The highest BCUT2D eigenvalue weighted by Gasteiger charge is 2.53. The maximum absolute atomic E-state index is 16.5. The summed E-state index contributed by atoms with van der Waals surface area (Å²) in [5.74, 6) is -0.109. The minimum atomic E-state index is -5.34. The third kappa shape index (κ3) is 9.53. The van der Waals surface area contributed by atoms with Crippen molar-refractivity contribution in [3.63, 3.8) is 0 Å². The Kier molecular flexibility index (Phi) is 12.7. The second kappa shape index (κ2) is 17.2. The molecule has 0 aliphatic carbocycles. The number of nitrogens with zero attached hydrogens (tertiary/aromatic N) is 5. The Balaban J connectivity index is 1.34. The Morgan fingerprint density at radius 2 is 1.88 bits per heavy atom. The van der Waals surface area contributed by atoms with Gasteiger partial charge in [-0.2, -0.15) is 0 Å². The molecule has 56 heavy (non-hydrogen) atoms. The zero-order chi connectivity index (χ0) is 40.4. The number of phosphoric ester groups is 1. The summed E-state index contributed by atoms with van der Waals surface area (Å²) in [6, 6.07) is 6.84. The van der Waals surface area contributed by atoms with Gasteiger partial charge in [0.25, 0.3) is 5.56 Å². The summed E-state index contributed by atoms with van der Waals surface area (Å²) >= 11 is 0.543. The van der Waals surface area contributed by atoms with E-state index in [1.165, 1.54) is 24.3 Å². The van der Waals surface area contributed by atoms with Crippen LogP contribution in [0.1, 0.15) is 31.9 Å². The number of anilines is 1. The number of imidazole rings is 1. The van der Waals surface area contributed by atoms with Crippen LogP contribution in [0.15, 0.2) is 58.8 Å². The zero-order valence-corrected chi connectivity index (χ0v) is 32.1. The fourth-order valence-electron chi connectivity index (χ4n) is 5.48. The molecular formula is C30H35F2N7O14P2S. The number of carbonyl (C=O) groups excluding carboxylic acids is 1. The fraction of sp³-hybridized carbons (Fsp3) is 0.467. The number of hydrogen-bond donors (Lipinski definition) is 3. The van der Waals surface area contributed by atoms with Gasteiger partial charge in [-0.3, -0.25) is 37.0 Å². The van der Waals surface area contributed by atoms with Crippen molar-refractivity contribution in [3.05, 3.63) is 75.6 Å². The quantitative estimate of drug-likeness (QED) is 0.123. The van der Waals surface area contributed by atoms with E-state index >= 15 is 8.78 Å². The molecule has 4 aromatic rings. The minimum Gasteiger partial charge on any atom is -0.431 e. The number of H-pyrrole nitrogens is 1. The van der Waals surface area contributed by atoms with Crippen molar-refractivity contribution >= 4 is 49.1 Å². The first-order valence-electron chi connectivity index (χ1n) is 16.5. The van der Waals surface area contributed by atoms with Gasteiger partial charge in [0.05, 0.1) is 25.6 Å². The number of aromatic amines is 1. The van der Waals surface area contributed by atoms with Gasteiger partial charge in [-0.15, -0.1) is 0 Å². The molecule has 2 aliphatic rings. The van der Waals surface area contributed by atoms with E-state index in [0.717, 1.165) is 41.2 Å². The molecule has 21 nitrogen and oxygen atoms in total. The molecule has 2 unspecified atom stereocenters. The summed E-state index contributed by atoms with van der Waals surface area (Å²) in [4.78, 5) is 61.1. The van der Waals surface area contributed by atoms with Crippen LogP contribution in [0, 0.1) is 0 Å². The molecule has 6 rings (SSSR count). The van der Waals surface area contributed by atoms with Crippen molar-refractivity contribution in [2.24, 2.45) is 0 Å². The number of methoxy groups -OCH3 is 1. The van der Waals surface area contributed by atoms with Crippen molar-refractivity contribution in [3.8, 4) is 5.75 Å². The molecule has 1 aromatic carbocycles. The van der Waals surface area contributed by atoms with Crippen LogP contribution in [0.25, 0.3) is 11.2 Å². The Bertz CT molecular complexity index is 2250. The topological polar surface area (TPSA) is 270 Å². The number of alkyl halides is 2. The average molecular weight is 850 g/mol. The number of rotatable bonds is 9. The zero-order valence-electron chi connectivity index (χ0n) is 29.5. The van der Waals surface area contributed by atoms with Crippen LogP contribution in [0.3, 0.4) is 0 Å². The summed E-state index contributed by atoms with van der Waals surface area (Å²) in [6.45, 7) is -3.30. The Morgan fingerprint density at radius 1 is 1.12 bits per heavy atom. The van der Waals surface area contributed by atoms with Crippen molar-refractivity contribution in [1.82, 2.24) is 29.1 Å². The van der Waals surface area contributed by atoms with Gasteiger partial charge in [-0.25, -0.2) is 42.5 Å². The molecule has 9 atom stereocenters. The van der Waals surface area contributed by atoms with Crippen LogP contribution in [0.5, 0.6) is 5.75 Å². The van der Waals surface area contributed by atoms with Gasteiger partial charge in [0.15, 0.2) is 23.9 Å². The minimum absolute atomic E-state index is 0.00357. The molecule has 0 radical (unpaired) electrons. The first-order chi connectivity index (χ1) is 26.6. The highest BCUT2D eigenvalue weighted by molar-refractivity contribution is 8.54. The Labute approximate surface area is 318 Å². The molecule has 304 valence electrons. The number of carbonyl (C=O) groups is 1. The number of nitrogens with two attached hydrogens (primary N) is 1. The highest BCUT2D eigenvalue weighted by atomic mass is 32.7. The number of phosphoric acid groups is 1. The third-order valence-corrected chi connectivity index (χ3v) is 12.8. The number of ether oxygens (including phenoxy) is 4. The molecule has 2 aliphatic heterocycles. The first-order valence-corrected chi connectivity index (χ1v) is 21.1. The Hall–Kier alpha value is -4.09. The number of halogens is 2. The van der Waals surface area contributed by atoms with Crippen LogP contribution in [0.2, 0.25) is 0 Å². The van der Waals surface area contributed by atoms with Crippen molar-refractivity contribution < 1.29 is 64.6 Å². The van der Waals surface area contributed by atoms with Crippen molar-refractivity contribution in [2.75, 3.05) is 26.1 Å². The predicted octanol–water partition coefficient (Wildman–Crippen LogP) is 3.56. The number of nitrogens with one attached hydrogen (secondary N) is 1. The molecule has 0 spiro atoms. The van der Waals surface area contributed by atoms with E-state index in [0.29, 0.717) is 16.9 Å². The lowest BCUT2D eigenvalue weighted by Crippen LogP contribution is -2.40. The van der Waals surface area contributed by atoms with Gasteiger partial charge in [0.2, 0.25) is 6.30 Å². The number of benzene rings is 1. The molecule has 4 N–H and O–H groups in total. The van der Waals surface area contributed by atoms with E-state index in [9.17, 15) is 28.4 Å². The van der Waals surface area contributed by atoms with Crippen LogP contribution in [-0.2, 0) is 47.2 Å². The van der Waals surface area contributed by atoms with E-state index in [-0.39, 0.29) is 28.5 Å². The largest absolute Gasteiger partial charge is 0.514 e. The van der Waals surface area contributed by atoms with Crippen molar-refractivity contribution in [1.29, 1.82) is 0 Å². The third-order valence-electron chi connectivity index (χ3n) is 8.13. The van der Waals surface area contributed by atoms with Crippen molar-refractivity contribution in [2.45, 2.75) is 68.8 Å². The van der Waals surface area contributed by atoms with E-state index in [1.807, 2.05) is 4.98 Å². The highest BCUT2D eigenvalue weighted by Crippen LogP contribution is 2.64. The molecule has 0 amide bonds. The number of nitrogen functional groups attached to an aromatic ring is 1. The maximum Gasteiger partial charge on any atom is 0.514 e. The SMILES string of the molecule is CO[C@@H]1COP(=O)(SCc2ccc(OC(=O)OC(C)C)cc2)O[C@@H]2[C@H](F)[C@@H](COP(=O)(O)O[C@H]1[C@@H](F)n1cnc3c(N)ncnc31)O[C@H]2n1ccc(=O)[nH]c1=O. The number of hydrogen-bond acceptors (Lipinski definition) is 18. The second-order valence-electron chi connectivity index (χ2n) is 12.3. The standard InChI is InChI=1S/C30H35F2N7O14P2S/c1-15(2)49-30(42)50-17-6-4-16(5-7-17)12-56-55(45)48-11-19(46-3)23(25(32)39-14-36-22-26(33)34-13-35-27(22)39)52-54(43,44)47-10-18-21(31)24(53-55)28(51-18)38-9-8-20(40)37-29(38)41/h4-9,13-15,18-19,21,23-25,28H,10-12H2,1-3H3,(H,43,44)(H2,33,34,35)(H,37,40,41)/t18-,19-,21-,23-,24-,25+,28-,55?/m1/s1. The lowest BCUT2D eigenvalue weighted by Gasteiger charge is -2.31. The summed E-state index contributed by atoms with van der Waals surface area (Å²) < 4.78 is 106. The van der Waals surface area contributed by atoms with E-state index in [1.54, 1.807) is 13.8 Å². The monoisotopic (exact) mass is 849 g/mol. The summed E-state index contributed by atoms with van der Waals surface area (Å²) in [5, 5.41) is 0. The maximum atomic E-state index is 16.5. The summed E-state index contributed by atoms with van der Waals surface area (Å²) in [6.07, 6.45) is -12.3. The summed E-state index contributed by atoms with van der Waals surface area (Å²) in [7, 11) is -4.26. The van der Waals surface area contributed by atoms with Gasteiger partial charge < -0.3 is 29.6 Å². The van der Waals surface area contributed by atoms with Gasteiger partial charge >= 0.3 is 26.5 Å².